The van der Waals surface area contributed by atoms with Gasteiger partial charge in [0, 0.05) is 12.8 Å². The molecule has 0 bridgehead atoms. The first-order chi connectivity index (χ1) is 11.5. The van der Waals surface area contributed by atoms with Gasteiger partial charge in [0.25, 0.3) is 0 Å². The molecule has 2 N–H and O–H groups in total. The van der Waals surface area contributed by atoms with E-state index >= 15 is 0 Å². The van der Waals surface area contributed by atoms with Gasteiger partial charge in [0.15, 0.2) is 5.78 Å². The molecule has 0 fully saturated rings. The number of ketones is 1. The standard InChI is InChI=1S/C20H32O4/c1-2-3-6-9-17(21)14-12-16-13-15-19(22)18(16)10-7-4-5-8-11-20(23)24/h4,7,17,21H,2-3,5-6,8-15H2,1H3,(H,23,24)/b7-4-/t17-/m0/s1. The maximum Gasteiger partial charge on any atom is 0.303 e. The molecule has 136 valence electrons. The Morgan fingerprint density at radius 1 is 1.17 bits per heavy atom. The molecule has 4 nitrogen and oxygen atoms in total. The second-order valence-electron chi connectivity index (χ2n) is 6.66. The van der Waals surface area contributed by atoms with Crippen molar-refractivity contribution in [2.45, 2.75) is 90.1 Å². The zero-order valence-electron chi connectivity index (χ0n) is 14.9. The second kappa shape index (κ2) is 12.0. The summed E-state index contributed by atoms with van der Waals surface area (Å²) in [5.41, 5.74) is 2.13. The first-order valence-corrected chi connectivity index (χ1v) is 9.33. The number of aliphatic hydroxyl groups is 1. The Labute approximate surface area is 145 Å². The van der Waals surface area contributed by atoms with E-state index in [0.717, 1.165) is 56.9 Å². The highest BCUT2D eigenvalue weighted by Gasteiger charge is 2.22. The predicted molar refractivity (Wildman–Crippen MR) is 95.9 cm³/mol. The molecular weight excluding hydrogens is 304 g/mol. The number of carboxylic acid groups (broad SMARTS) is 1. The predicted octanol–water partition coefficient (Wildman–Crippen LogP) is 4.57. The van der Waals surface area contributed by atoms with E-state index in [9.17, 15) is 14.7 Å². The van der Waals surface area contributed by atoms with E-state index in [1.54, 1.807) is 0 Å². The molecule has 1 aliphatic carbocycles. The number of hydrogen-bond acceptors (Lipinski definition) is 3. The summed E-state index contributed by atoms with van der Waals surface area (Å²) in [6.07, 6.45) is 13.2. The lowest BCUT2D eigenvalue weighted by Gasteiger charge is -2.11. The quantitative estimate of drug-likeness (QED) is 0.382. The number of aliphatic carboxylic acids is 1. The van der Waals surface area contributed by atoms with Crippen molar-refractivity contribution in [3.63, 3.8) is 0 Å². The number of aliphatic hydroxyl groups excluding tert-OH is 1. The zero-order valence-corrected chi connectivity index (χ0v) is 14.9. The van der Waals surface area contributed by atoms with Crippen molar-refractivity contribution in [2.24, 2.45) is 0 Å². The van der Waals surface area contributed by atoms with Crippen molar-refractivity contribution < 1.29 is 19.8 Å². The summed E-state index contributed by atoms with van der Waals surface area (Å²) in [5.74, 6) is -0.530. The highest BCUT2D eigenvalue weighted by molar-refractivity contribution is 5.98. The average molecular weight is 336 g/mol. The van der Waals surface area contributed by atoms with E-state index < -0.39 is 5.97 Å². The lowest BCUT2D eigenvalue weighted by atomic mass is 9.99. The molecule has 0 amide bonds. The molecule has 0 aliphatic heterocycles. The maximum absolute atomic E-state index is 12.0. The van der Waals surface area contributed by atoms with Crippen LogP contribution >= 0.6 is 0 Å². The molecule has 0 saturated carbocycles. The Balaban J connectivity index is 2.38. The van der Waals surface area contributed by atoms with E-state index in [2.05, 4.69) is 6.92 Å². The molecule has 1 rings (SSSR count). The minimum atomic E-state index is -0.767. The second-order valence-corrected chi connectivity index (χ2v) is 6.66. The summed E-state index contributed by atoms with van der Waals surface area (Å²) in [7, 11) is 0. The molecule has 0 heterocycles. The van der Waals surface area contributed by atoms with Gasteiger partial charge >= 0.3 is 5.97 Å². The van der Waals surface area contributed by atoms with Crippen LogP contribution in [0.2, 0.25) is 0 Å². The van der Waals surface area contributed by atoms with E-state index in [1.165, 1.54) is 5.57 Å². The summed E-state index contributed by atoms with van der Waals surface area (Å²) in [4.78, 5) is 22.5. The smallest absolute Gasteiger partial charge is 0.303 e. The van der Waals surface area contributed by atoms with Gasteiger partial charge in [-0.3, -0.25) is 9.59 Å². The summed E-state index contributed by atoms with van der Waals surface area (Å²) >= 11 is 0. The Morgan fingerprint density at radius 2 is 1.96 bits per heavy atom. The summed E-state index contributed by atoms with van der Waals surface area (Å²) in [5, 5.41) is 18.6. The van der Waals surface area contributed by atoms with Crippen LogP contribution in [0.5, 0.6) is 0 Å². The number of carbonyl (C=O) groups excluding carboxylic acids is 1. The largest absolute Gasteiger partial charge is 0.481 e. The van der Waals surface area contributed by atoms with Crippen molar-refractivity contribution in [1.29, 1.82) is 0 Å². The monoisotopic (exact) mass is 336 g/mol. The van der Waals surface area contributed by atoms with Gasteiger partial charge in [0.2, 0.25) is 0 Å². The fourth-order valence-corrected chi connectivity index (χ4v) is 3.10. The van der Waals surface area contributed by atoms with Gasteiger partial charge in [-0.25, -0.2) is 0 Å². The molecule has 24 heavy (non-hydrogen) atoms. The van der Waals surface area contributed by atoms with Crippen LogP contribution in [-0.4, -0.2) is 28.1 Å². The lowest BCUT2D eigenvalue weighted by molar-refractivity contribution is -0.137. The Kier molecular flexibility index (Phi) is 10.3. The Morgan fingerprint density at radius 3 is 2.67 bits per heavy atom. The zero-order chi connectivity index (χ0) is 17.8. The lowest BCUT2D eigenvalue weighted by Crippen LogP contribution is -2.06. The minimum absolute atomic E-state index is 0.188. The SMILES string of the molecule is CCCCC[C@H](O)CCC1=C(C/C=C\CCCC(=O)O)C(=O)CC1. The van der Waals surface area contributed by atoms with Gasteiger partial charge in [-0.15, -0.1) is 0 Å². The molecule has 0 aromatic heterocycles. The third-order valence-corrected chi connectivity index (χ3v) is 4.59. The topological polar surface area (TPSA) is 74.6 Å². The molecule has 1 atom stereocenters. The van der Waals surface area contributed by atoms with E-state index in [0.29, 0.717) is 19.3 Å². The van der Waals surface area contributed by atoms with Crippen molar-refractivity contribution in [1.82, 2.24) is 0 Å². The highest BCUT2D eigenvalue weighted by Crippen LogP contribution is 2.30. The van der Waals surface area contributed by atoms with Gasteiger partial charge in [-0.2, -0.15) is 0 Å². The van der Waals surface area contributed by atoms with Gasteiger partial charge in [0.1, 0.15) is 0 Å². The average Bonchev–Trinajstić information content (AvgIpc) is 2.89. The van der Waals surface area contributed by atoms with Crippen LogP contribution in [0.4, 0.5) is 0 Å². The molecule has 1 aliphatic rings. The van der Waals surface area contributed by atoms with Crippen molar-refractivity contribution in [2.75, 3.05) is 0 Å². The highest BCUT2D eigenvalue weighted by atomic mass is 16.4. The van der Waals surface area contributed by atoms with E-state index in [-0.39, 0.29) is 18.3 Å². The molecule has 0 unspecified atom stereocenters. The number of allylic oxidation sites excluding steroid dienone is 4. The number of carboxylic acids is 1. The Hall–Kier alpha value is -1.42. The van der Waals surface area contributed by atoms with E-state index in [4.69, 9.17) is 5.11 Å². The van der Waals surface area contributed by atoms with Crippen LogP contribution < -0.4 is 0 Å². The van der Waals surface area contributed by atoms with Crippen molar-refractivity contribution in [3.05, 3.63) is 23.3 Å². The molecule has 0 aromatic rings. The van der Waals surface area contributed by atoms with E-state index in [1.807, 2.05) is 12.2 Å². The van der Waals surface area contributed by atoms with Crippen LogP contribution in [0.3, 0.4) is 0 Å². The third kappa shape index (κ3) is 8.44. The van der Waals surface area contributed by atoms with Crippen LogP contribution in [0, 0.1) is 0 Å². The number of unbranched alkanes of at least 4 members (excludes halogenated alkanes) is 3. The molecule has 0 radical (unpaired) electrons. The number of Topliss-reactive ketones (excluding diaryl/α,β-unsaturated/α-hetero) is 1. The summed E-state index contributed by atoms with van der Waals surface area (Å²) in [6.45, 7) is 2.16. The minimum Gasteiger partial charge on any atom is -0.481 e. The van der Waals surface area contributed by atoms with Crippen molar-refractivity contribution in [3.8, 4) is 0 Å². The van der Waals surface area contributed by atoms with Gasteiger partial charge in [-0.05, 0) is 50.5 Å². The fourth-order valence-electron chi connectivity index (χ4n) is 3.10. The fraction of sp³-hybridized carbons (Fsp3) is 0.700. The maximum atomic E-state index is 12.0. The van der Waals surface area contributed by atoms with Gasteiger partial charge in [-0.1, -0.05) is 43.9 Å². The Bertz CT molecular complexity index is 462. The molecular formula is C20H32O4. The van der Waals surface area contributed by atoms with Crippen LogP contribution in [0.25, 0.3) is 0 Å². The van der Waals surface area contributed by atoms with Crippen LogP contribution in [-0.2, 0) is 9.59 Å². The normalized spacial score (nSPS) is 16.3. The number of rotatable bonds is 13. The number of hydrogen-bond donors (Lipinski definition) is 2. The van der Waals surface area contributed by atoms with Crippen LogP contribution in [0.1, 0.15) is 84.0 Å². The number of carbonyl (C=O) groups is 2. The molecule has 0 spiro atoms. The van der Waals surface area contributed by atoms with Crippen molar-refractivity contribution >= 4 is 11.8 Å². The van der Waals surface area contributed by atoms with Gasteiger partial charge in [0.05, 0.1) is 6.10 Å². The molecule has 0 saturated heterocycles. The molecule has 0 aromatic carbocycles. The molecule has 4 heteroatoms. The first kappa shape index (κ1) is 20.6. The first-order valence-electron chi connectivity index (χ1n) is 9.33. The van der Waals surface area contributed by atoms with Crippen LogP contribution in [0.15, 0.2) is 23.3 Å². The van der Waals surface area contributed by atoms with Gasteiger partial charge < -0.3 is 10.2 Å². The summed E-state index contributed by atoms with van der Waals surface area (Å²) in [6, 6.07) is 0. The summed E-state index contributed by atoms with van der Waals surface area (Å²) < 4.78 is 0. The third-order valence-electron chi connectivity index (χ3n) is 4.59.